The van der Waals surface area contributed by atoms with Crippen molar-refractivity contribution in [3.63, 3.8) is 0 Å². The van der Waals surface area contributed by atoms with Crippen LogP contribution in [0.15, 0.2) is 66.9 Å². The summed E-state index contributed by atoms with van der Waals surface area (Å²) in [6.45, 7) is 1.23. The van der Waals surface area contributed by atoms with E-state index in [1.807, 2.05) is 42.7 Å². The summed E-state index contributed by atoms with van der Waals surface area (Å²) in [7, 11) is 0. The molecule has 0 aliphatic carbocycles. The van der Waals surface area contributed by atoms with Crippen LogP contribution in [0, 0.1) is 5.92 Å². The molecule has 1 aliphatic rings. The van der Waals surface area contributed by atoms with Crippen molar-refractivity contribution >= 4 is 11.5 Å². The van der Waals surface area contributed by atoms with Crippen LogP contribution in [0.25, 0.3) is 5.57 Å². The maximum atomic E-state index is 11.0. The number of carboxylic acids is 1. The molecule has 138 valence electrons. The van der Waals surface area contributed by atoms with Crippen LogP contribution in [0.5, 0.6) is 0 Å². The van der Waals surface area contributed by atoms with Crippen LogP contribution in [-0.4, -0.2) is 30.3 Å². The second kappa shape index (κ2) is 10.00. The van der Waals surface area contributed by atoms with Gasteiger partial charge in [0.05, 0.1) is 12.8 Å². The molecule has 0 unspecified atom stereocenters. The predicted molar refractivity (Wildman–Crippen MR) is 96.9 cm³/mol. The SMILES string of the molecule is O=C(O)[C@@H]1CC[C@@H](COC=C(c2ccccc2)c2ccccc2)[NH2+]C1.[Cl-]. The van der Waals surface area contributed by atoms with Gasteiger partial charge in [0.15, 0.2) is 0 Å². The van der Waals surface area contributed by atoms with Gasteiger partial charge < -0.3 is 27.6 Å². The Kier molecular flexibility index (Phi) is 7.70. The molecule has 0 bridgehead atoms. The molecule has 0 saturated carbocycles. The van der Waals surface area contributed by atoms with Crippen molar-refractivity contribution in [2.24, 2.45) is 5.92 Å². The maximum Gasteiger partial charge on any atom is 0.312 e. The van der Waals surface area contributed by atoms with Crippen molar-refractivity contribution in [3.05, 3.63) is 78.1 Å². The lowest BCUT2D eigenvalue weighted by atomic mass is 9.95. The minimum atomic E-state index is -0.689. The Balaban J connectivity index is 0.00000243. The van der Waals surface area contributed by atoms with Gasteiger partial charge in [0, 0.05) is 12.0 Å². The van der Waals surface area contributed by atoms with E-state index in [0.29, 0.717) is 19.2 Å². The Morgan fingerprint density at radius 3 is 2.08 bits per heavy atom. The number of nitrogens with two attached hydrogens (primary N) is 1. The molecular formula is C21H24ClNO3. The third-order valence-electron chi connectivity index (χ3n) is 4.67. The number of benzene rings is 2. The van der Waals surface area contributed by atoms with Gasteiger partial charge >= 0.3 is 5.97 Å². The number of ether oxygens (including phenoxy) is 1. The molecule has 3 N–H and O–H groups in total. The highest BCUT2D eigenvalue weighted by atomic mass is 35.5. The molecule has 0 spiro atoms. The van der Waals surface area contributed by atoms with Crippen LogP contribution in [0.1, 0.15) is 24.0 Å². The topological polar surface area (TPSA) is 63.1 Å². The lowest BCUT2D eigenvalue weighted by Crippen LogP contribution is -3.00. The molecule has 26 heavy (non-hydrogen) atoms. The van der Waals surface area contributed by atoms with Gasteiger partial charge in [-0.3, -0.25) is 4.79 Å². The van der Waals surface area contributed by atoms with Gasteiger partial charge in [0.25, 0.3) is 0 Å². The molecule has 0 aromatic heterocycles. The monoisotopic (exact) mass is 373 g/mol. The maximum absolute atomic E-state index is 11.0. The largest absolute Gasteiger partial charge is 1.00 e. The van der Waals surface area contributed by atoms with Crippen LogP contribution in [-0.2, 0) is 9.53 Å². The molecule has 3 rings (SSSR count). The Morgan fingerprint density at radius 2 is 1.62 bits per heavy atom. The van der Waals surface area contributed by atoms with Gasteiger partial charge in [-0.05, 0) is 17.5 Å². The molecular weight excluding hydrogens is 350 g/mol. The molecule has 5 heteroatoms. The summed E-state index contributed by atoms with van der Waals surface area (Å²) in [6.07, 6.45) is 3.44. The Labute approximate surface area is 160 Å². The normalized spacial score (nSPS) is 19.1. The lowest BCUT2D eigenvalue weighted by Gasteiger charge is -2.24. The molecule has 0 amide bonds. The highest BCUT2D eigenvalue weighted by Crippen LogP contribution is 2.23. The zero-order valence-corrected chi connectivity index (χ0v) is 15.3. The van der Waals surface area contributed by atoms with E-state index in [0.717, 1.165) is 29.5 Å². The van der Waals surface area contributed by atoms with E-state index in [-0.39, 0.29) is 18.3 Å². The predicted octanol–water partition coefficient (Wildman–Crippen LogP) is -0.477. The van der Waals surface area contributed by atoms with Gasteiger partial charge in [-0.15, -0.1) is 0 Å². The third kappa shape index (κ3) is 5.35. The Morgan fingerprint density at radius 1 is 1.04 bits per heavy atom. The zero-order valence-electron chi connectivity index (χ0n) is 14.6. The minimum Gasteiger partial charge on any atom is -1.00 e. The zero-order chi connectivity index (χ0) is 17.5. The molecule has 4 nitrogen and oxygen atoms in total. The molecule has 2 aromatic rings. The lowest BCUT2D eigenvalue weighted by molar-refractivity contribution is -0.702. The Hall–Kier alpha value is -2.30. The fraction of sp³-hybridized carbons (Fsp3) is 0.286. The van der Waals surface area contributed by atoms with E-state index in [9.17, 15) is 4.79 Å². The van der Waals surface area contributed by atoms with Crippen LogP contribution >= 0.6 is 0 Å². The number of quaternary nitrogens is 1. The summed E-state index contributed by atoms with van der Waals surface area (Å²) in [5.74, 6) is -0.915. The van der Waals surface area contributed by atoms with E-state index in [2.05, 4.69) is 29.6 Å². The van der Waals surface area contributed by atoms with Crippen molar-refractivity contribution in [2.45, 2.75) is 18.9 Å². The summed E-state index contributed by atoms with van der Waals surface area (Å²) in [6, 6.07) is 20.7. The number of hydrogen-bond donors (Lipinski definition) is 2. The van der Waals surface area contributed by atoms with Crippen molar-refractivity contribution < 1.29 is 32.4 Å². The van der Waals surface area contributed by atoms with Crippen molar-refractivity contribution in [1.29, 1.82) is 0 Å². The quantitative estimate of drug-likeness (QED) is 0.672. The fourth-order valence-corrected chi connectivity index (χ4v) is 3.18. The molecule has 1 fully saturated rings. The number of aliphatic carboxylic acids is 1. The standard InChI is InChI=1S/C21H23NO3.ClH/c23-21(24)18-11-12-19(22-13-18)14-25-15-20(16-7-3-1-4-8-16)17-9-5-2-6-10-17;/h1-10,15,18-19,22H,11-14H2,(H,23,24);1H/t18-,19+;/m1./s1. The summed E-state index contributed by atoms with van der Waals surface area (Å²) in [5, 5.41) is 11.2. The van der Waals surface area contributed by atoms with E-state index in [1.165, 1.54) is 0 Å². The van der Waals surface area contributed by atoms with E-state index < -0.39 is 5.97 Å². The van der Waals surface area contributed by atoms with E-state index >= 15 is 0 Å². The summed E-state index contributed by atoms with van der Waals surface area (Å²) in [5.41, 5.74) is 3.29. The van der Waals surface area contributed by atoms with Gasteiger partial charge in [-0.25, -0.2) is 0 Å². The van der Waals surface area contributed by atoms with Crippen LogP contribution in [0.4, 0.5) is 0 Å². The summed E-state index contributed by atoms with van der Waals surface area (Å²) in [4.78, 5) is 11.0. The second-order valence-electron chi connectivity index (χ2n) is 6.44. The van der Waals surface area contributed by atoms with Gasteiger partial charge in [-0.1, -0.05) is 60.7 Å². The summed E-state index contributed by atoms with van der Waals surface area (Å²) < 4.78 is 5.90. The van der Waals surface area contributed by atoms with Gasteiger partial charge in [-0.2, -0.15) is 0 Å². The highest BCUT2D eigenvalue weighted by Gasteiger charge is 2.28. The molecule has 0 radical (unpaired) electrons. The first kappa shape index (κ1) is 20.0. The molecule has 1 aliphatic heterocycles. The number of piperidine rings is 1. The van der Waals surface area contributed by atoms with Crippen molar-refractivity contribution in [1.82, 2.24) is 0 Å². The van der Waals surface area contributed by atoms with E-state index in [1.54, 1.807) is 0 Å². The number of hydrogen-bond acceptors (Lipinski definition) is 2. The molecule has 1 saturated heterocycles. The Bertz CT molecular complexity index is 669. The highest BCUT2D eigenvalue weighted by molar-refractivity contribution is 5.78. The van der Waals surface area contributed by atoms with Crippen molar-refractivity contribution in [3.8, 4) is 0 Å². The number of carboxylic acid groups (broad SMARTS) is 1. The first-order chi connectivity index (χ1) is 12.2. The molecule has 2 aromatic carbocycles. The van der Waals surface area contributed by atoms with E-state index in [4.69, 9.17) is 9.84 Å². The minimum absolute atomic E-state index is 0. The van der Waals surface area contributed by atoms with Gasteiger partial charge in [0.2, 0.25) is 0 Å². The van der Waals surface area contributed by atoms with Crippen LogP contribution in [0.3, 0.4) is 0 Å². The first-order valence-electron chi connectivity index (χ1n) is 8.73. The summed E-state index contributed by atoms with van der Waals surface area (Å²) >= 11 is 0. The third-order valence-corrected chi connectivity index (χ3v) is 4.67. The molecule has 2 atom stereocenters. The van der Waals surface area contributed by atoms with Crippen molar-refractivity contribution in [2.75, 3.05) is 13.2 Å². The molecule has 1 heterocycles. The van der Waals surface area contributed by atoms with Crippen LogP contribution < -0.4 is 17.7 Å². The average Bonchev–Trinajstić information content (AvgIpc) is 2.67. The fourth-order valence-electron chi connectivity index (χ4n) is 3.18. The number of rotatable bonds is 6. The second-order valence-corrected chi connectivity index (χ2v) is 6.44. The number of halogens is 1. The number of carbonyl (C=O) groups is 1. The first-order valence-corrected chi connectivity index (χ1v) is 8.73. The van der Waals surface area contributed by atoms with Gasteiger partial charge in [0.1, 0.15) is 18.6 Å². The average molecular weight is 374 g/mol. The van der Waals surface area contributed by atoms with Crippen LogP contribution in [0.2, 0.25) is 0 Å². The smallest absolute Gasteiger partial charge is 0.312 e.